The van der Waals surface area contributed by atoms with E-state index < -0.39 is 0 Å². The number of carbonyl (C=O) groups is 1. The van der Waals surface area contributed by atoms with E-state index in [0.717, 1.165) is 24.1 Å². The zero-order valence-corrected chi connectivity index (χ0v) is 16.1. The second kappa shape index (κ2) is 7.68. The van der Waals surface area contributed by atoms with E-state index >= 15 is 0 Å². The first-order chi connectivity index (χ1) is 11.4. The summed E-state index contributed by atoms with van der Waals surface area (Å²) in [4.78, 5) is 13.1. The van der Waals surface area contributed by atoms with E-state index in [1.165, 1.54) is 19.3 Å². The van der Waals surface area contributed by atoms with Gasteiger partial charge in [-0.25, -0.2) is 0 Å². The highest BCUT2D eigenvalue weighted by Gasteiger charge is 2.56. The van der Waals surface area contributed by atoms with Crippen molar-refractivity contribution in [3.63, 3.8) is 0 Å². The first kappa shape index (κ1) is 19.0. The summed E-state index contributed by atoms with van der Waals surface area (Å²) in [5, 5.41) is 4.23. The highest BCUT2D eigenvalue weighted by atomic mass is 16.5. The van der Waals surface area contributed by atoms with Crippen LogP contribution < -0.4 is 0 Å². The predicted octanol–water partition coefficient (Wildman–Crippen LogP) is 3.44. The third kappa shape index (κ3) is 4.38. The molecule has 1 aliphatic heterocycles. The molecule has 3 fully saturated rings. The molecule has 1 saturated heterocycles. The molecule has 5 heteroatoms. The van der Waals surface area contributed by atoms with Crippen molar-refractivity contribution in [1.29, 1.82) is 0 Å². The molecule has 1 aromatic rings. The van der Waals surface area contributed by atoms with Crippen LogP contribution in [0.5, 0.6) is 0 Å². The maximum atomic E-state index is 11.2. The molecule has 2 atom stereocenters. The number of aryl methyl sites for hydroxylation is 1. The van der Waals surface area contributed by atoms with Gasteiger partial charge in [0.15, 0.2) is 0 Å². The number of carbonyl (C=O) groups excluding carboxylic acids is 1. The van der Waals surface area contributed by atoms with Gasteiger partial charge >= 0.3 is 0 Å². The Balaban J connectivity index is 0.000000167. The van der Waals surface area contributed by atoms with Gasteiger partial charge in [-0.3, -0.25) is 9.48 Å². The average Bonchev–Trinajstić information content (AvgIpc) is 2.97. The average molecular weight is 335 g/mol. The zero-order valence-electron chi connectivity index (χ0n) is 16.1. The monoisotopic (exact) mass is 335 g/mol. The Kier molecular flexibility index (Phi) is 6.07. The van der Waals surface area contributed by atoms with Crippen LogP contribution in [0.15, 0.2) is 12.3 Å². The van der Waals surface area contributed by atoms with Crippen molar-refractivity contribution in [2.24, 2.45) is 11.8 Å². The van der Waals surface area contributed by atoms with Crippen LogP contribution in [0.1, 0.15) is 58.7 Å². The Morgan fingerprint density at radius 2 is 1.92 bits per heavy atom. The normalized spacial score (nSPS) is 30.5. The molecule has 2 aliphatic carbocycles. The number of fused-ring (bicyclic) bond motifs is 1. The van der Waals surface area contributed by atoms with Gasteiger partial charge in [-0.15, -0.1) is 0 Å². The van der Waals surface area contributed by atoms with Crippen molar-refractivity contribution in [3.8, 4) is 0 Å². The van der Waals surface area contributed by atoms with Crippen molar-refractivity contribution < 1.29 is 9.53 Å². The Labute approximate surface area is 146 Å². The molecular weight excluding hydrogens is 302 g/mol. The number of hydrogen-bond donors (Lipinski definition) is 0. The number of morpholine rings is 1. The minimum absolute atomic E-state index is 0.0518. The molecule has 0 bridgehead atoms. The molecule has 2 unspecified atom stereocenters. The topological polar surface area (TPSA) is 47.4 Å². The maximum Gasteiger partial charge on any atom is 0.248 e. The summed E-state index contributed by atoms with van der Waals surface area (Å²) in [7, 11) is 1.89. The molecule has 136 valence electrons. The quantitative estimate of drug-likeness (QED) is 0.790. The Morgan fingerprint density at radius 3 is 2.33 bits per heavy atom. The standard InChI is InChI=1S/C10H15NO2.C7H12N2.C2H6/c1-11-6-10(13-5-9(11)12)3-7-2-8(7)4-10;1-6(2)9-5-4-7(3)8-9;1-2/h7-8H,2-6H2,1H3;4-6H,1-3H3;1-2H3. The fourth-order valence-electron chi connectivity index (χ4n) is 3.71. The zero-order chi connectivity index (χ0) is 17.9. The lowest BCUT2D eigenvalue weighted by Gasteiger charge is -2.39. The van der Waals surface area contributed by atoms with E-state index in [1.807, 2.05) is 49.7 Å². The lowest BCUT2D eigenvalue weighted by Crippen LogP contribution is -2.52. The summed E-state index contributed by atoms with van der Waals surface area (Å²) >= 11 is 0. The van der Waals surface area contributed by atoms with Crippen LogP contribution in [0.3, 0.4) is 0 Å². The second-order valence-corrected chi connectivity index (χ2v) is 7.42. The van der Waals surface area contributed by atoms with Crippen LogP contribution in [0.4, 0.5) is 0 Å². The van der Waals surface area contributed by atoms with E-state index in [4.69, 9.17) is 4.74 Å². The van der Waals surface area contributed by atoms with Gasteiger partial charge in [-0.05, 0) is 57.9 Å². The number of ether oxygens (including phenoxy) is 1. The van der Waals surface area contributed by atoms with Gasteiger partial charge in [0, 0.05) is 25.8 Å². The number of amides is 1. The number of rotatable bonds is 1. The van der Waals surface area contributed by atoms with Crippen LogP contribution in [-0.4, -0.2) is 46.4 Å². The fraction of sp³-hybridized carbons (Fsp3) is 0.789. The summed E-state index contributed by atoms with van der Waals surface area (Å²) in [6, 6.07) is 2.50. The van der Waals surface area contributed by atoms with E-state index in [-0.39, 0.29) is 11.5 Å². The Hall–Kier alpha value is -1.36. The fourth-order valence-corrected chi connectivity index (χ4v) is 3.71. The summed E-state index contributed by atoms with van der Waals surface area (Å²) in [6.07, 6.45) is 5.79. The van der Waals surface area contributed by atoms with Crippen molar-refractivity contribution in [3.05, 3.63) is 18.0 Å². The van der Waals surface area contributed by atoms with Gasteiger partial charge in [0.25, 0.3) is 0 Å². The number of nitrogens with zero attached hydrogens (tertiary/aromatic N) is 3. The maximum absolute atomic E-state index is 11.2. The van der Waals surface area contributed by atoms with E-state index in [0.29, 0.717) is 12.6 Å². The van der Waals surface area contributed by atoms with Gasteiger partial charge < -0.3 is 9.64 Å². The predicted molar refractivity (Wildman–Crippen MR) is 95.8 cm³/mol. The largest absolute Gasteiger partial charge is 0.363 e. The molecule has 0 radical (unpaired) electrons. The Bertz CT molecular complexity index is 543. The van der Waals surface area contributed by atoms with E-state index in [2.05, 4.69) is 18.9 Å². The smallest absolute Gasteiger partial charge is 0.248 e. The number of likely N-dealkylation sites (N-methyl/N-ethyl adjacent to an activating group) is 1. The van der Waals surface area contributed by atoms with Crippen LogP contribution in [0.2, 0.25) is 0 Å². The molecule has 2 heterocycles. The van der Waals surface area contributed by atoms with Gasteiger partial charge in [0.05, 0.1) is 11.3 Å². The van der Waals surface area contributed by atoms with Crippen molar-refractivity contribution >= 4 is 5.91 Å². The lowest BCUT2D eigenvalue weighted by atomic mass is 9.95. The SMILES string of the molecule is CC.CN1CC2(CC3CC3C2)OCC1=O.Cc1ccn(C(C)C)n1. The molecule has 1 spiro atoms. The van der Waals surface area contributed by atoms with E-state index in [1.54, 1.807) is 0 Å². The molecule has 2 saturated carbocycles. The minimum Gasteiger partial charge on any atom is -0.363 e. The molecular formula is C19H33N3O2. The number of hydrogen-bond acceptors (Lipinski definition) is 3. The number of aromatic nitrogens is 2. The highest BCUT2D eigenvalue weighted by Crippen LogP contribution is 2.57. The van der Waals surface area contributed by atoms with Gasteiger partial charge in [0.2, 0.25) is 5.91 Å². The molecule has 0 aromatic carbocycles. The van der Waals surface area contributed by atoms with Crippen LogP contribution >= 0.6 is 0 Å². The van der Waals surface area contributed by atoms with Gasteiger partial charge in [-0.2, -0.15) is 5.10 Å². The molecule has 0 N–H and O–H groups in total. The van der Waals surface area contributed by atoms with Crippen molar-refractivity contribution in [1.82, 2.24) is 14.7 Å². The molecule has 4 rings (SSSR count). The summed E-state index contributed by atoms with van der Waals surface area (Å²) in [5.74, 6) is 1.97. The second-order valence-electron chi connectivity index (χ2n) is 7.42. The van der Waals surface area contributed by atoms with Gasteiger partial charge in [-0.1, -0.05) is 13.8 Å². The van der Waals surface area contributed by atoms with E-state index in [9.17, 15) is 4.79 Å². The third-order valence-corrected chi connectivity index (χ3v) is 5.06. The molecule has 24 heavy (non-hydrogen) atoms. The highest BCUT2D eigenvalue weighted by molar-refractivity contribution is 5.78. The lowest BCUT2D eigenvalue weighted by molar-refractivity contribution is -0.161. The Morgan fingerprint density at radius 1 is 1.29 bits per heavy atom. The van der Waals surface area contributed by atoms with Crippen molar-refractivity contribution in [2.45, 2.75) is 65.5 Å². The third-order valence-electron chi connectivity index (χ3n) is 5.06. The molecule has 5 nitrogen and oxygen atoms in total. The minimum atomic E-state index is 0.0518. The van der Waals surface area contributed by atoms with Crippen LogP contribution in [0, 0.1) is 18.8 Å². The molecule has 3 aliphatic rings. The first-order valence-electron chi connectivity index (χ1n) is 9.28. The van der Waals surface area contributed by atoms with Crippen LogP contribution in [-0.2, 0) is 9.53 Å². The summed E-state index contributed by atoms with van der Waals surface area (Å²) < 4.78 is 7.67. The summed E-state index contributed by atoms with van der Waals surface area (Å²) in [5.41, 5.74) is 1.14. The molecule has 1 aromatic heterocycles. The van der Waals surface area contributed by atoms with Gasteiger partial charge in [0.1, 0.15) is 6.61 Å². The first-order valence-corrected chi connectivity index (χ1v) is 9.28. The van der Waals surface area contributed by atoms with Crippen LogP contribution in [0.25, 0.3) is 0 Å². The summed E-state index contributed by atoms with van der Waals surface area (Å²) in [6.45, 7) is 11.4. The molecule has 1 amide bonds. The van der Waals surface area contributed by atoms with Crippen molar-refractivity contribution in [2.75, 3.05) is 20.2 Å².